The van der Waals surface area contributed by atoms with Crippen molar-refractivity contribution in [3.8, 4) is 0 Å². The van der Waals surface area contributed by atoms with Gasteiger partial charge in [-0.15, -0.1) is 0 Å². The maximum absolute atomic E-state index is 12.0. The summed E-state index contributed by atoms with van der Waals surface area (Å²) in [6.45, 7) is 5.44. The largest absolute Gasteiger partial charge is 0.458 e. The molecule has 1 aromatic heterocycles. The van der Waals surface area contributed by atoms with Gasteiger partial charge in [-0.3, -0.25) is 4.57 Å². The van der Waals surface area contributed by atoms with Gasteiger partial charge in [-0.1, -0.05) is 0 Å². The molecule has 0 bridgehead atoms. The van der Waals surface area contributed by atoms with E-state index in [0.29, 0.717) is 12.2 Å². The summed E-state index contributed by atoms with van der Waals surface area (Å²) in [6, 6.07) is -0.538. The second-order valence-electron chi connectivity index (χ2n) is 5.26. The van der Waals surface area contributed by atoms with Gasteiger partial charge in [0.05, 0.1) is 0 Å². The molecule has 1 aliphatic rings. The number of aromatic nitrogens is 3. The lowest BCUT2D eigenvalue weighted by Gasteiger charge is -2.26. The van der Waals surface area contributed by atoms with Crippen LogP contribution in [0.15, 0.2) is 4.79 Å². The monoisotopic (exact) mass is 239 g/mol. The number of hydrogen-bond acceptors (Lipinski definition) is 4. The molecule has 2 heterocycles. The number of nitrogens with one attached hydrogen (secondary N) is 1. The molecule has 0 spiro atoms. The molecule has 0 unspecified atom stereocenters. The Balaban J connectivity index is 2.27. The Labute approximate surface area is 99.0 Å². The Morgan fingerprint density at radius 1 is 1.53 bits per heavy atom. The number of carbonyl (C=O) groups is 1. The summed E-state index contributed by atoms with van der Waals surface area (Å²) in [5.74, 6) is 0.277. The topological polar surface area (TPSA) is 77.0 Å². The third-order valence-corrected chi connectivity index (χ3v) is 2.65. The average Bonchev–Trinajstić information content (AvgIpc) is 2.58. The SMILES string of the molecule is CC(C)(C)OC(=O)[C@@H]1CCCc2n[nH]c(=O)n21. The first-order valence-electron chi connectivity index (χ1n) is 5.77. The number of aromatic amines is 1. The van der Waals surface area contributed by atoms with Gasteiger partial charge in [-0.25, -0.2) is 14.7 Å². The molecule has 6 heteroatoms. The Hall–Kier alpha value is -1.59. The summed E-state index contributed by atoms with van der Waals surface area (Å²) in [5, 5.41) is 6.28. The van der Waals surface area contributed by atoms with Crippen LogP contribution in [0.2, 0.25) is 0 Å². The van der Waals surface area contributed by atoms with Crippen molar-refractivity contribution < 1.29 is 9.53 Å². The molecule has 1 atom stereocenters. The van der Waals surface area contributed by atoms with E-state index in [1.807, 2.05) is 20.8 Å². The van der Waals surface area contributed by atoms with Gasteiger partial charge in [0.15, 0.2) is 0 Å². The Morgan fingerprint density at radius 2 is 2.24 bits per heavy atom. The Kier molecular flexibility index (Phi) is 2.81. The minimum Gasteiger partial charge on any atom is -0.458 e. The lowest BCUT2D eigenvalue weighted by Crippen LogP contribution is -2.36. The predicted octanol–water partition coefficient (Wildman–Crippen LogP) is 0.790. The first kappa shape index (κ1) is 11.9. The molecule has 0 amide bonds. The maximum Gasteiger partial charge on any atom is 0.344 e. The molecule has 0 saturated heterocycles. The van der Waals surface area contributed by atoms with Crippen LogP contribution in [-0.4, -0.2) is 26.3 Å². The van der Waals surface area contributed by atoms with E-state index in [-0.39, 0.29) is 11.7 Å². The van der Waals surface area contributed by atoms with Gasteiger partial charge >= 0.3 is 11.7 Å². The smallest absolute Gasteiger partial charge is 0.344 e. The number of aryl methyl sites for hydroxylation is 1. The first-order valence-corrected chi connectivity index (χ1v) is 5.77. The highest BCUT2D eigenvalue weighted by molar-refractivity contribution is 5.74. The normalized spacial score (nSPS) is 19.8. The number of hydrogen-bond donors (Lipinski definition) is 1. The van der Waals surface area contributed by atoms with E-state index in [4.69, 9.17) is 4.74 Å². The van der Waals surface area contributed by atoms with Crippen molar-refractivity contribution in [1.82, 2.24) is 14.8 Å². The number of nitrogens with zero attached hydrogens (tertiary/aromatic N) is 2. The summed E-state index contributed by atoms with van der Waals surface area (Å²) in [4.78, 5) is 23.6. The average molecular weight is 239 g/mol. The molecule has 1 aromatic rings. The third-order valence-electron chi connectivity index (χ3n) is 2.65. The Bertz CT molecular complexity index is 481. The minimum atomic E-state index is -0.540. The summed E-state index contributed by atoms with van der Waals surface area (Å²) in [5.41, 5.74) is -0.877. The zero-order chi connectivity index (χ0) is 12.6. The molecule has 0 aliphatic carbocycles. The molecular formula is C11H17N3O3. The van der Waals surface area contributed by atoms with Crippen LogP contribution in [0.5, 0.6) is 0 Å². The van der Waals surface area contributed by atoms with Crippen molar-refractivity contribution in [3.63, 3.8) is 0 Å². The van der Waals surface area contributed by atoms with Crippen molar-refractivity contribution in [1.29, 1.82) is 0 Å². The highest BCUT2D eigenvalue weighted by Gasteiger charge is 2.32. The zero-order valence-electron chi connectivity index (χ0n) is 10.3. The van der Waals surface area contributed by atoms with Gasteiger partial charge in [0.25, 0.3) is 0 Å². The van der Waals surface area contributed by atoms with Crippen molar-refractivity contribution in [2.45, 2.75) is 51.7 Å². The number of rotatable bonds is 1. The predicted molar refractivity (Wildman–Crippen MR) is 60.7 cm³/mol. The summed E-state index contributed by atoms with van der Waals surface area (Å²) >= 11 is 0. The summed E-state index contributed by atoms with van der Waals surface area (Å²) in [7, 11) is 0. The van der Waals surface area contributed by atoms with E-state index in [0.717, 1.165) is 12.8 Å². The van der Waals surface area contributed by atoms with Crippen LogP contribution in [-0.2, 0) is 16.0 Å². The van der Waals surface area contributed by atoms with Gasteiger partial charge < -0.3 is 4.74 Å². The van der Waals surface area contributed by atoms with E-state index < -0.39 is 11.6 Å². The lowest BCUT2D eigenvalue weighted by atomic mass is 10.0. The number of ether oxygens (including phenoxy) is 1. The van der Waals surface area contributed by atoms with Gasteiger partial charge in [0, 0.05) is 6.42 Å². The van der Waals surface area contributed by atoms with Gasteiger partial charge in [0.2, 0.25) is 0 Å². The van der Waals surface area contributed by atoms with Crippen LogP contribution in [0.3, 0.4) is 0 Å². The number of carbonyl (C=O) groups excluding carboxylic acids is 1. The molecule has 0 fully saturated rings. The number of esters is 1. The van der Waals surface area contributed by atoms with Crippen LogP contribution in [0.25, 0.3) is 0 Å². The third kappa shape index (κ3) is 2.40. The molecule has 17 heavy (non-hydrogen) atoms. The van der Waals surface area contributed by atoms with Crippen LogP contribution in [0, 0.1) is 0 Å². The molecular weight excluding hydrogens is 222 g/mol. The van der Waals surface area contributed by atoms with Crippen LogP contribution in [0.4, 0.5) is 0 Å². The van der Waals surface area contributed by atoms with Gasteiger partial charge in [-0.2, -0.15) is 5.10 Å². The van der Waals surface area contributed by atoms with E-state index >= 15 is 0 Å². The zero-order valence-corrected chi connectivity index (χ0v) is 10.3. The summed E-state index contributed by atoms with van der Waals surface area (Å²) < 4.78 is 6.73. The molecule has 1 N–H and O–H groups in total. The highest BCUT2D eigenvalue weighted by atomic mass is 16.6. The second-order valence-corrected chi connectivity index (χ2v) is 5.26. The number of H-pyrrole nitrogens is 1. The van der Waals surface area contributed by atoms with E-state index in [1.165, 1.54) is 4.57 Å². The van der Waals surface area contributed by atoms with Crippen molar-refractivity contribution in [2.75, 3.05) is 0 Å². The Morgan fingerprint density at radius 3 is 2.88 bits per heavy atom. The van der Waals surface area contributed by atoms with E-state index in [9.17, 15) is 9.59 Å². The second kappa shape index (κ2) is 4.01. The number of fused-ring (bicyclic) bond motifs is 1. The molecule has 2 rings (SSSR count). The lowest BCUT2D eigenvalue weighted by molar-refractivity contribution is -0.159. The van der Waals surface area contributed by atoms with Crippen molar-refractivity contribution in [3.05, 3.63) is 16.3 Å². The molecule has 94 valence electrons. The van der Waals surface area contributed by atoms with Crippen LogP contribution >= 0.6 is 0 Å². The highest BCUT2D eigenvalue weighted by Crippen LogP contribution is 2.24. The first-order chi connectivity index (χ1) is 7.88. The summed E-state index contributed by atoms with van der Waals surface area (Å²) in [6.07, 6.45) is 2.19. The minimum absolute atomic E-state index is 0.337. The molecule has 0 aromatic carbocycles. The van der Waals surface area contributed by atoms with Crippen LogP contribution in [0.1, 0.15) is 45.5 Å². The standard InChI is InChI=1S/C11H17N3O3/c1-11(2,3)17-9(15)7-5-4-6-8-12-13-10(16)14(7)8/h7H,4-6H2,1-3H3,(H,13,16)/t7-/m0/s1. The fourth-order valence-electron chi connectivity index (χ4n) is 2.01. The maximum atomic E-state index is 12.0. The van der Waals surface area contributed by atoms with E-state index in [1.54, 1.807) is 0 Å². The van der Waals surface area contributed by atoms with Gasteiger partial charge in [-0.05, 0) is 33.6 Å². The fourth-order valence-corrected chi connectivity index (χ4v) is 2.01. The molecule has 6 nitrogen and oxygen atoms in total. The van der Waals surface area contributed by atoms with Crippen molar-refractivity contribution >= 4 is 5.97 Å². The van der Waals surface area contributed by atoms with E-state index in [2.05, 4.69) is 10.2 Å². The van der Waals surface area contributed by atoms with Crippen LogP contribution < -0.4 is 5.69 Å². The molecule has 0 radical (unpaired) electrons. The van der Waals surface area contributed by atoms with Crippen molar-refractivity contribution in [2.24, 2.45) is 0 Å². The van der Waals surface area contributed by atoms with Gasteiger partial charge in [0.1, 0.15) is 17.5 Å². The molecule has 1 aliphatic heterocycles. The quantitative estimate of drug-likeness (QED) is 0.735. The molecule has 0 saturated carbocycles. The fraction of sp³-hybridized carbons (Fsp3) is 0.727.